The lowest BCUT2D eigenvalue weighted by atomic mass is 10.2. The second-order valence-electron chi connectivity index (χ2n) is 6.38. The summed E-state index contributed by atoms with van der Waals surface area (Å²) >= 11 is 0. The third-order valence-electron chi connectivity index (χ3n) is 4.51. The van der Waals surface area contributed by atoms with Gasteiger partial charge in [0.2, 0.25) is 0 Å². The van der Waals surface area contributed by atoms with Crippen LogP contribution in [0.3, 0.4) is 0 Å². The number of rotatable bonds is 3. The zero-order valence-corrected chi connectivity index (χ0v) is 14.2. The van der Waals surface area contributed by atoms with Gasteiger partial charge in [0.25, 0.3) is 0 Å². The normalized spacial score (nSPS) is 14.9. The van der Waals surface area contributed by atoms with Gasteiger partial charge in [-0.05, 0) is 35.9 Å². The molecule has 0 saturated heterocycles. The summed E-state index contributed by atoms with van der Waals surface area (Å²) in [4.78, 5) is 18.8. The fourth-order valence-corrected chi connectivity index (χ4v) is 3.14. The van der Waals surface area contributed by atoms with Crippen molar-refractivity contribution in [2.45, 2.75) is 25.8 Å². The average Bonchev–Trinajstić information content (AvgIpc) is 2.98. The molecule has 9 heteroatoms. The van der Waals surface area contributed by atoms with E-state index < -0.39 is 11.7 Å². The molecule has 0 saturated carbocycles. The van der Waals surface area contributed by atoms with E-state index in [1.165, 1.54) is 12.1 Å². The van der Waals surface area contributed by atoms with E-state index in [1.807, 2.05) is 12.1 Å². The van der Waals surface area contributed by atoms with Crippen LogP contribution in [0.2, 0.25) is 0 Å². The van der Waals surface area contributed by atoms with Crippen LogP contribution in [0.4, 0.5) is 13.2 Å². The van der Waals surface area contributed by atoms with Gasteiger partial charge in [0.15, 0.2) is 0 Å². The molecule has 0 radical (unpaired) electrons. The predicted molar refractivity (Wildman–Crippen MR) is 91.2 cm³/mol. The summed E-state index contributed by atoms with van der Waals surface area (Å²) in [5.41, 5.74) is 0.279. The molecule has 0 bridgehead atoms. The van der Waals surface area contributed by atoms with Crippen LogP contribution in [0.5, 0.6) is 0 Å². The second kappa shape index (κ2) is 6.66. The lowest BCUT2D eigenvalue weighted by Gasteiger charge is -2.26. The van der Waals surface area contributed by atoms with Crippen LogP contribution in [0.1, 0.15) is 17.0 Å². The maximum absolute atomic E-state index is 12.7. The Hall–Kier alpha value is -2.94. The fraction of sp³-hybridized carbons (Fsp3) is 0.278. The highest BCUT2D eigenvalue weighted by atomic mass is 19.4. The predicted octanol–water partition coefficient (Wildman–Crippen LogP) is 2.46. The minimum atomic E-state index is -4.41. The maximum Gasteiger partial charge on any atom is 0.416 e. The van der Waals surface area contributed by atoms with Crippen LogP contribution >= 0.6 is 0 Å². The molecule has 0 N–H and O–H groups in total. The van der Waals surface area contributed by atoms with Crippen LogP contribution in [0, 0.1) is 0 Å². The van der Waals surface area contributed by atoms with Gasteiger partial charge in [-0.2, -0.15) is 17.9 Å². The summed E-state index contributed by atoms with van der Waals surface area (Å²) in [6, 6.07) is 8.28. The highest BCUT2D eigenvalue weighted by Crippen LogP contribution is 2.29. The van der Waals surface area contributed by atoms with Crippen molar-refractivity contribution in [1.82, 2.24) is 24.2 Å². The summed E-state index contributed by atoms with van der Waals surface area (Å²) in [5.74, 6) is 0.593. The van der Waals surface area contributed by atoms with Crippen molar-refractivity contribution < 1.29 is 13.2 Å². The zero-order valence-electron chi connectivity index (χ0n) is 14.2. The van der Waals surface area contributed by atoms with Crippen molar-refractivity contribution in [3.8, 4) is 5.69 Å². The number of benzene rings is 1. The molecule has 1 aromatic carbocycles. The van der Waals surface area contributed by atoms with Gasteiger partial charge < -0.3 is 0 Å². The quantitative estimate of drug-likeness (QED) is 0.706. The Labute approximate surface area is 152 Å². The van der Waals surface area contributed by atoms with Crippen LogP contribution in [-0.4, -0.2) is 30.8 Å². The van der Waals surface area contributed by atoms with E-state index in [-0.39, 0.29) is 5.69 Å². The van der Waals surface area contributed by atoms with Crippen LogP contribution < -0.4 is 5.69 Å². The summed E-state index contributed by atoms with van der Waals surface area (Å²) in [6.45, 7) is 2.34. The Morgan fingerprint density at radius 2 is 1.85 bits per heavy atom. The molecule has 0 spiro atoms. The van der Waals surface area contributed by atoms with E-state index in [0.29, 0.717) is 37.7 Å². The highest BCUT2D eigenvalue weighted by Gasteiger charge is 2.30. The average molecular weight is 375 g/mol. The first-order valence-electron chi connectivity index (χ1n) is 8.39. The van der Waals surface area contributed by atoms with Crippen molar-refractivity contribution in [2.24, 2.45) is 0 Å². The lowest BCUT2D eigenvalue weighted by Crippen LogP contribution is -2.37. The maximum atomic E-state index is 12.7. The largest absolute Gasteiger partial charge is 0.416 e. The Morgan fingerprint density at radius 3 is 2.52 bits per heavy atom. The Bertz CT molecular complexity index is 993. The SMILES string of the molecule is O=c1n(-c2ccc(C(F)(F)F)cc2)nc2n1CCN(Cc1cccnc1)C2. The summed E-state index contributed by atoms with van der Waals surface area (Å²) in [5, 5.41) is 4.33. The number of fused-ring (bicyclic) bond motifs is 1. The Morgan fingerprint density at radius 1 is 1.07 bits per heavy atom. The molecule has 140 valence electrons. The number of hydrogen-bond donors (Lipinski definition) is 0. The molecular weight excluding hydrogens is 359 g/mol. The third-order valence-corrected chi connectivity index (χ3v) is 4.51. The first-order chi connectivity index (χ1) is 12.9. The van der Waals surface area contributed by atoms with Gasteiger partial charge in [-0.15, -0.1) is 5.10 Å². The lowest BCUT2D eigenvalue weighted by molar-refractivity contribution is -0.137. The molecule has 0 aliphatic carbocycles. The molecule has 0 atom stereocenters. The van der Waals surface area contributed by atoms with Crippen LogP contribution in [0.25, 0.3) is 5.69 Å². The number of aromatic nitrogens is 4. The molecule has 6 nitrogen and oxygen atoms in total. The molecule has 3 aromatic rings. The van der Waals surface area contributed by atoms with Gasteiger partial charge >= 0.3 is 11.9 Å². The Balaban J connectivity index is 1.57. The third kappa shape index (κ3) is 3.50. The molecule has 4 rings (SSSR count). The van der Waals surface area contributed by atoms with Gasteiger partial charge in [0.1, 0.15) is 5.82 Å². The van der Waals surface area contributed by atoms with Crippen LogP contribution in [-0.2, 0) is 25.8 Å². The number of pyridine rings is 1. The fourth-order valence-electron chi connectivity index (χ4n) is 3.14. The molecule has 3 heterocycles. The van der Waals surface area contributed by atoms with Crippen LogP contribution in [0.15, 0.2) is 53.6 Å². The first kappa shape index (κ1) is 17.5. The van der Waals surface area contributed by atoms with Crippen molar-refractivity contribution in [3.63, 3.8) is 0 Å². The first-order valence-corrected chi connectivity index (χ1v) is 8.39. The molecule has 27 heavy (non-hydrogen) atoms. The summed E-state index contributed by atoms with van der Waals surface area (Å²) in [6.07, 6.45) is -0.907. The van der Waals surface area contributed by atoms with Gasteiger partial charge in [0.05, 0.1) is 17.8 Å². The monoisotopic (exact) mass is 375 g/mol. The van der Waals surface area contributed by atoms with Crippen molar-refractivity contribution in [3.05, 3.63) is 76.2 Å². The second-order valence-corrected chi connectivity index (χ2v) is 6.38. The topological polar surface area (TPSA) is 56.0 Å². The van der Waals surface area contributed by atoms with Gasteiger partial charge in [-0.1, -0.05) is 6.07 Å². The van der Waals surface area contributed by atoms with E-state index >= 15 is 0 Å². The van der Waals surface area contributed by atoms with E-state index in [9.17, 15) is 18.0 Å². The standard InChI is InChI=1S/C18H16F3N5O/c19-18(20,21)14-3-5-15(6-4-14)26-17(27)25-9-8-24(12-16(25)23-26)11-13-2-1-7-22-10-13/h1-7,10H,8-9,11-12H2. The van der Waals surface area contributed by atoms with E-state index in [4.69, 9.17) is 0 Å². The summed E-state index contributed by atoms with van der Waals surface area (Å²) < 4.78 is 40.9. The number of nitrogens with zero attached hydrogens (tertiary/aromatic N) is 5. The zero-order chi connectivity index (χ0) is 19.0. The van der Waals surface area contributed by atoms with Crippen molar-refractivity contribution in [2.75, 3.05) is 6.54 Å². The molecule has 2 aromatic heterocycles. The number of halogens is 3. The van der Waals surface area contributed by atoms with Crippen molar-refractivity contribution >= 4 is 0 Å². The van der Waals surface area contributed by atoms with Gasteiger partial charge in [-0.25, -0.2) is 4.79 Å². The molecule has 0 amide bonds. The molecule has 0 unspecified atom stereocenters. The smallest absolute Gasteiger partial charge is 0.290 e. The van der Waals surface area contributed by atoms with Gasteiger partial charge in [-0.3, -0.25) is 14.5 Å². The van der Waals surface area contributed by atoms with E-state index in [0.717, 1.165) is 22.4 Å². The molecule has 1 aliphatic rings. The molecule has 0 fully saturated rings. The number of alkyl halides is 3. The van der Waals surface area contributed by atoms with E-state index in [1.54, 1.807) is 17.0 Å². The number of hydrogen-bond acceptors (Lipinski definition) is 4. The van der Waals surface area contributed by atoms with E-state index in [2.05, 4.69) is 15.0 Å². The van der Waals surface area contributed by atoms with Crippen molar-refractivity contribution in [1.29, 1.82) is 0 Å². The molecular formula is C18H16F3N5O. The minimum absolute atomic E-state index is 0.314. The molecule has 1 aliphatic heterocycles. The Kier molecular flexibility index (Phi) is 4.31. The summed E-state index contributed by atoms with van der Waals surface area (Å²) in [7, 11) is 0. The minimum Gasteiger partial charge on any atom is -0.290 e. The van der Waals surface area contributed by atoms with Gasteiger partial charge in [0, 0.05) is 32.0 Å². The highest BCUT2D eigenvalue weighted by molar-refractivity contribution is 5.34.